The summed E-state index contributed by atoms with van der Waals surface area (Å²) >= 11 is 0. The summed E-state index contributed by atoms with van der Waals surface area (Å²) in [6, 6.07) is 1.48. The average Bonchev–Trinajstić information content (AvgIpc) is 2.46. The Morgan fingerprint density at radius 3 is 2.70 bits per heavy atom. The van der Waals surface area contributed by atoms with Gasteiger partial charge in [0.2, 0.25) is 10.0 Å². The van der Waals surface area contributed by atoms with Gasteiger partial charge in [0, 0.05) is 53.4 Å². The molecule has 1 fully saturated rings. The first kappa shape index (κ1) is 15.1. The zero-order valence-electron chi connectivity index (χ0n) is 10.8. The zero-order valence-corrected chi connectivity index (χ0v) is 12.4. The SMILES string of the molecule is NCC#Cc1cncc(S(=O)(=O)N2CCS(=O)CC2)c1. The van der Waals surface area contributed by atoms with Gasteiger partial charge in [0.25, 0.3) is 0 Å². The van der Waals surface area contributed by atoms with Crippen LogP contribution in [0.2, 0.25) is 0 Å². The van der Waals surface area contributed by atoms with E-state index in [1.807, 2.05) is 0 Å². The van der Waals surface area contributed by atoms with Crippen molar-refractivity contribution in [3.63, 3.8) is 0 Å². The lowest BCUT2D eigenvalue weighted by Gasteiger charge is -2.25. The topological polar surface area (TPSA) is 93.4 Å². The lowest BCUT2D eigenvalue weighted by Crippen LogP contribution is -2.41. The Morgan fingerprint density at radius 1 is 1.35 bits per heavy atom. The summed E-state index contributed by atoms with van der Waals surface area (Å²) in [4.78, 5) is 4.01. The van der Waals surface area contributed by atoms with Gasteiger partial charge >= 0.3 is 0 Å². The molecule has 2 N–H and O–H groups in total. The highest BCUT2D eigenvalue weighted by molar-refractivity contribution is 7.89. The minimum atomic E-state index is -3.60. The van der Waals surface area contributed by atoms with Crippen molar-refractivity contribution in [3.05, 3.63) is 24.0 Å². The van der Waals surface area contributed by atoms with E-state index in [1.54, 1.807) is 0 Å². The highest BCUT2D eigenvalue weighted by Crippen LogP contribution is 2.17. The molecule has 20 heavy (non-hydrogen) atoms. The number of nitrogens with zero attached hydrogens (tertiary/aromatic N) is 2. The van der Waals surface area contributed by atoms with Gasteiger partial charge in [-0.2, -0.15) is 4.31 Å². The van der Waals surface area contributed by atoms with Crippen LogP contribution >= 0.6 is 0 Å². The molecule has 0 aliphatic carbocycles. The molecule has 1 aliphatic heterocycles. The maximum absolute atomic E-state index is 12.4. The number of nitrogens with two attached hydrogens (primary N) is 1. The molecule has 0 amide bonds. The van der Waals surface area contributed by atoms with Crippen LogP contribution in [0.4, 0.5) is 0 Å². The van der Waals surface area contributed by atoms with Gasteiger partial charge in [0.15, 0.2) is 0 Å². The van der Waals surface area contributed by atoms with Crippen LogP contribution in [0.25, 0.3) is 0 Å². The van der Waals surface area contributed by atoms with Gasteiger partial charge in [-0.3, -0.25) is 9.19 Å². The second-order valence-corrected chi connectivity index (χ2v) is 7.80. The highest BCUT2D eigenvalue weighted by Gasteiger charge is 2.28. The van der Waals surface area contributed by atoms with E-state index in [1.165, 1.54) is 22.8 Å². The zero-order chi connectivity index (χ0) is 14.6. The predicted molar refractivity (Wildman–Crippen MR) is 76.8 cm³/mol. The molecule has 0 saturated carbocycles. The first-order valence-electron chi connectivity index (χ1n) is 6.03. The van der Waals surface area contributed by atoms with Crippen LogP contribution in [0.15, 0.2) is 23.4 Å². The summed E-state index contributed by atoms with van der Waals surface area (Å²) in [5.41, 5.74) is 5.79. The summed E-state index contributed by atoms with van der Waals surface area (Å²) in [7, 11) is -4.51. The van der Waals surface area contributed by atoms with Crippen molar-refractivity contribution in [2.45, 2.75) is 4.90 Å². The molecule has 108 valence electrons. The fourth-order valence-corrected chi connectivity index (χ4v) is 4.51. The van der Waals surface area contributed by atoms with Crippen molar-refractivity contribution in [1.82, 2.24) is 9.29 Å². The van der Waals surface area contributed by atoms with Crippen LogP contribution in [0.1, 0.15) is 5.56 Å². The highest BCUT2D eigenvalue weighted by atomic mass is 32.2. The number of sulfonamides is 1. The van der Waals surface area contributed by atoms with Crippen molar-refractivity contribution < 1.29 is 12.6 Å². The Morgan fingerprint density at radius 2 is 2.05 bits per heavy atom. The molecule has 0 bridgehead atoms. The van der Waals surface area contributed by atoms with Crippen molar-refractivity contribution in [2.75, 3.05) is 31.1 Å². The Balaban J connectivity index is 2.27. The first-order chi connectivity index (χ1) is 9.54. The molecule has 0 spiro atoms. The van der Waals surface area contributed by atoms with E-state index in [0.29, 0.717) is 17.1 Å². The summed E-state index contributed by atoms with van der Waals surface area (Å²) in [6.45, 7) is 0.746. The Labute approximate surface area is 120 Å². The van der Waals surface area contributed by atoms with Crippen molar-refractivity contribution >= 4 is 20.8 Å². The second-order valence-electron chi connectivity index (χ2n) is 4.17. The minimum absolute atomic E-state index is 0.106. The van der Waals surface area contributed by atoms with Crippen LogP contribution in [0.3, 0.4) is 0 Å². The fourth-order valence-electron chi connectivity index (χ4n) is 1.79. The third kappa shape index (κ3) is 3.43. The molecule has 0 atom stereocenters. The first-order valence-corrected chi connectivity index (χ1v) is 8.96. The van der Waals surface area contributed by atoms with Crippen LogP contribution in [0, 0.1) is 11.8 Å². The van der Waals surface area contributed by atoms with Crippen molar-refractivity contribution in [2.24, 2.45) is 5.73 Å². The van der Waals surface area contributed by atoms with Gasteiger partial charge in [-0.05, 0) is 6.07 Å². The molecule has 1 saturated heterocycles. The van der Waals surface area contributed by atoms with Gasteiger partial charge < -0.3 is 5.73 Å². The molecule has 1 aromatic heterocycles. The third-order valence-corrected chi connectivity index (χ3v) is 5.96. The van der Waals surface area contributed by atoms with Crippen LogP contribution in [-0.4, -0.2) is 53.1 Å². The maximum atomic E-state index is 12.4. The molecule has 0 unspecified atom stereocenters. The molecule has 6 nitrogen and oxygen atoms in total. The molecule has 0 radical (unpaired) electrons. The summed E-state index contributed by atoms with van der Waals surface area (Å²) < 4.78 is 37.5. The van der Waals surface area contributed by atoms with Crippen LogP contribution < -0.4 is 5.73 Å². The van der Waals surface area contributed by atoms with E-state index >= 15 is 0 Å². The lowest BCUT2D eigenvalue weighted by molar-refractivity contribution is 0.438. The molecule has 1 aliphatic rings. The van der Waals surface area contributed by atoms with E-state index < -0.39 is 20.8 Å². The lowest BCUT2D eigenvalue weighted by atomic mass is 10.3. The maximum Gasteiger partial charge on any atom is 0.244 e. The van der Waals surface area contributed by atoms with E-state index in [0.717, 1.165) is 0 Å². The van der Waals surface area contributed by atoms with Gasteiger partial charge in [0.05, 0.1) is 6.54 Å². The van der Waals surface area contributed by atoms with Gasteiger partial charge in [-0.1, -0.05) is 11.8 Å². The molecular formula is C12H15N3O3S2. The van der Waals surface area contributed by atoms with Crippen molar-refractivity contribution in [1.29, 1.82) is 0 Å². The fraction of sp³-hybridized carbons (Fsp3) is 0.417. The Hall–Kier alpha value is -1.27. The standard InChI is InChI=1S/C12H15N3O3S2/c13-3-1-2-11-8-12(10-14-9-11)20(17,18)15-4-6-19(16)7-5-15/h8-10H,3-7,13H2. The largest absolute Gasteiger partial charge is 0.320 e. The average molecular weight is 313 g/mol. The van der Waals surface area contributed by atoms with Gasteiger partial charge in [-0.15, -0.1) is 0 Å². The van der Waals surface area contributed by atoms with Crippen LogP contribution in [-0.2, 0) is 20.8 Å². The third-order valence-electron chi connectivity index (χ3n) is 2.82. The number of hydrogen-bond donors (Lipinski definition) is 1. The monoisotopic (exact) mass is 313 g/mol. The molecule has 0 aromatic carbocycles. The Bertz CT molecular complexity index is 667. The van der Waals surface area contributed by atoms with E-state index in [9.17, 15) is 12.6 Å². The smallest absolute Gasteiger partial charge is 0.244 e. The van der Waals surface area contributed by atoms with E-state index in [4.69, 9.17) is 5.73 Å². The second kappa shape index (κ2) is 6.45. The molecule has 2 rings (SSSR count). The molecule has 8 heteroatoms. The quantitative estimate of drug-likeness (QED) is 0.718. The molecule has 1 aromatic rings. The Kier molecular flexibility index (Phi) is 4.88. The van der Waals surface area contributed by atoms with Crippen LogP contribution in [0.5, 0.6) is 0 Å². The summed E-state index contributed by atoms with van der Waals surface area (Å²) in [5.74, 6) is 6.16. The summed E-state index contributed by atoms with van der Waals surface area (Å²) in [6.07, 6.45) is 2.79. The number of pyridine rings is 1. The van der Waals surface area contributed by atoms with Gasteiger partial charge in [-0.25, -0.2) is 8.42 Å². The minimum Gasteiger partial charge on any atom is -0.320 e. The number of hydrogen-bond acceptors (Lipinski definition) is 5. The van der Waals surface area contributed by atoms with E-state index in [-0.39, 0.29) is 24.5 Å². The molecule has 2 heterocycles. The summed E-state index contributed by atoms with van der Waals surface area (Å²) in [5, 5.41) is 0. The normalized spacial score (nSPS) is 17.4. The number of aromatic nitrogens is 1. The predicted octanol–water partition coefficient (Wildman–Crippen LogP) is -0.855. The van der Waals surface area contributed by atoms with E-state index in [2.05, 4.69) is 16.8 Å². The van der Waals surface area contributed by atoms with Crippen molar-refractivity contribution in [3.8, 4) is 11.8 Å². The number of rotatable bonds is 2. The molecular weight excluding hydrogens is 298 g/mol. The van der Waals surface area contributed by atoms with Gasteiger partial charge in [0.1, 0.15) is 4.90 Å².